The van der Waals surface area contributed by atoms with Gasteiger partial charge in [0.25, 0.3) is 0 Å². The molecule has 1 N–H and O–H groups in total. The molecule has 0 fully saturated rings. The third kappa shape index (κ3) is 2.99. The minimum Gasteiger partial charge on any atom is -0.478 e. The van der Waals surface area contributed by atoms with Crippen molar-refractivity contribution in [2.75, 3.05) is 10.6 Å². The minimum absolute atomic E-state index is 0.147. The van der Waals surface area contributed by atoms with Gasteiger partial charge in [0, 0.05) is 0 Å². The van der Waals surface area contributed by atoms with Gasteiger partial charge >= 0.3 is 5.97 Å². The summed E-state index contributed by atoms with van der Waals surface area (Å²) in [5.41, 5.74) is 2.24. The summed E-state index contributed by atoms with van der Waals surface area (Å²) in [4.78, 5) is 11.2. The molecule has 7 heteroatoms. The van der Waals surface area contributed by atoms with Crippen molar-refractivity contribution in [3.05, 3.63) is 64.2 Å². The van der Waals surface area contributed by atoms with E-state index in [1.165, 1.54) is 4.31 Å². The van der Waals surface area contributed by atoms with E-state index in [2.05, 4.69) is 0 Å². The summed E-state index contributed by atoms with van der Waals surface area (Å²) < 4.78 is 26.2. The predicted octanol–water partition coefficient (Wildman–Crippen LogP) is 3.49. The zero-order chi connectivity index (χ0) is 17.5. The van der Waals surface area contributed by atoms with Crippen LogP contribution >= 0.6 is 11.6 Å². The van der Waals surface area contributed by atoms with Gasteiger partial charge in [-0.3, -0.25) is 4.31 Å². The van der Waals surface area contributed by atoms with E-state index >= 15 is 0 Å². The lowest BCUT2D eigenvalue weighted by molar-refractivity contribution is 0.0696. The second kappa shape index (κ2) is 6.11. The molecular formula is C17H16ClNO4S. The Morgan fingerprint density at radius 2 is 1.96 bits per heavy atom. The molecule has 24 heavy (non-hydrogen) atoms. The Balaban J connectivity index is 2.15. The Hall–Kier alpha value is -2.05. The number of para-hydroxylation sites is 1. The SMILES string of the molecule is CS(=O)(=O)N(c1ccccc1Cl)[C@@H]1CCc2ccc(C(=O)O)cc21. The summed E-state index contributed by atoms with van der Waals surface area (Å²) in [6, 6.07) is 11.1. The summed E-state index contributed by atoms with van der Waals surface area (Å²) in [5.74, 6) is -1.04. The molecule has 0 amide bonds. The number of nitrogens with zero attached hydrogens (tertiary/aromatic N) is 1. The van der Waals surface area contributed by atoms with Gasteiger partial charge in [0.05, 0.1) is 28.6 Å². The van der Waals surface area contributed by atoms with E-state index in [-0.39, 0.29) is 5.56 Å². The zero-order valence-electron chi connectivity index (χ0n) is 12.9. The predicted molar refractivity (Wildman–Crippen MR) is 93.2 cm³/mol. The molecule has 5 nitrogen and oxygen atoms in total. The largest absolute Gasteiger partial charge is 0.478 e. The Kier molecular flexibility index (Phi) is 4.27. The van der Waals surface area contributed by atoms with Crippen molar-refractivity contribution in [3.8, 4) is 0 Å². The lowest BCUT2D eigenvalue weighted by Gasteiger charge is -2.30. The molecule has 0 spiro atoms. The maximum Gasteiger partial charge on any atom is 0.335 e. The molecule has 1 aliphatic rings. The number of hydrogen-bond acceptors (Lipinski definition) is 3. The molecule has 0 saturated carbocycles. The van der Waals surface area contributed by atoms with Crippen LogP contribution in [0.2, 0.25) is 5.02 Å². The fourth-order valence-corrected chi connectivity index (χ4v) is 4.64. The number of aromatic carboxylic acids is 1. The maximum atomic E-state index is 12.5. The fraction of sp³-hybridized carbons (Fsp3) is 0.235. The molecule has 2 aromatic carbocycles. The van der Waals surface area contributed by atoms with Crippen molar-refractivity contribution in [3.63, 3.8) is 0 Å². The van der Waals surface area contributed by atoms with Gasteiger partial charge in [-0.05, 0) is 48.2 Å². The van der Waals surface area contributed by atoms with Gasteiger partial charge in [0.2, 0.25) is 10.0 Å². The van der Waals surface area contributed by atoms with Crippen molar-refractivity contribution in [2.45, 2.75) is 18.9 Å². The van der Waals surface area contributed by atoms with Gasteiger partial charge in [-0.15, -0.1) is 0 Å². The smallest absolute Gasteiger partial charge is 0.335 e. The minimum atomic E-state index is -3.60. The Labute approximate surface area is 145 Å². The number of carbonyl (C=O) groups is 1. The van der Waals surface area contributed by atoms with Crippen molar-refractivity contribution < 1.29 is 18.3 Å². The van der Waals surface area contributed by atoms with Gasteiger partial charge in [0.1, 0.15) is 0 Å². The van der Waals surface area contributed by atoms with Crippen molar-refractivity contribution in [1.82, 2.24) is 0 Å². The van der Waals surface area contributed by atoms with Crippen LogP contribution in [0.1, 0.15) is 33.9 Å². The van der Waals surface area contributed by atoms with Gasteiger partial charge in [-0.1, -0.05) is 29.8 Å². The molecule has 0 bridgehead atoms. The number of fused-ring (bicyclic) bond motifs is 1. The molecule has 0 aliphatic heterocycles. The van der Waals surface area contributed by atoms with E-state index in [9.17, 15) is 18.3 Å². The molecule has 2 aromatic rings. The Morgan fingerprint density at radius 3 is 2.58 bits per heavy atom. The number of anilines is 1. The molecule has 126 valence electrons. The van der Waals surface area contributed by atoms with Crippen molar-refractivity contribution >= 4 is 33.3 Å². The number of carboxylic acids is 1. The van der Waals surface area contributed by atoms with E-state index < -0.39 is 22.0 Å². The van der Waals surface area contributed by atoms with Crippen LogP contribution in [0.4, 0.5) is 5.69 Å². The first kappa shape index (κ1) is 16.8. The third-order valence-corrected chi connectivity index (χ3v) is 5.65. The van der Waals surface area contributed by atoms with Crippen LogP contribution in [0, 0.1) is 0 Å². The first-order valence-electron chi connectivity index (χ1n) is 7.39. The van der Waals surface area contributed by atoms with Crippen molar-refractivity contribution in [2.24, 2.45) is 0 Å². The van der Waals surface area contributed by atoms with Crippen LogP contribution in [0.5, 0.6) is 0 Å². The standard InChI is InChI=1S/C17H16ClNO4S/c1-24(22,23)19(16-5-3-2-4-14(16)18)15-9-8-11-6-7-12(17(20)21)10-13(11)15/h2-7,10,15H,8-9H2,1H3,(H,20,21)/t15-/m1/s1. The van der Waals surface area contributed by atoms with Crippen LogP contribution in [0.25, 0.3) is 0 Å². The molecule has 0 unspecified atom stereocenters. The number of sulfonamides is 1. The second-order valence-electron chi connectivity index (χ2n) is 5.78. The van der Waals surface area contributed by atoms with Gasteiger partial charge in [0.15, 0.2) is 0 Å². The van der Waals surface area contributed by atoms with Crippen LogP contribution in [0.15, 0.2) is 42.5 Å². The summed E-state index contributed by atoms with van der Waals surface area (Å²) in [6.07, 6.45) is 2.41. The monoisotopic (exact) mass is 365 g/mol. The molecule has 0 heterocycles. The summed E-state index contributed by atoms with van der Waals surface area (Å²) in [7, 11) is -3.60. The van der Waals surface area contributed by atoms with Crippen LogP contribution in [0.3, 0.4) is 0 Å². The summed E-state index contributed by atoms with van der Waals surface area (Å²) >= 11 is 6.21. The molecule has 0 radical (unpaired) electrons. The number of benzene rings is 2. The molecule has 0 saturated heterocycles. The maximum absolute atomic E-state index is 12.5. The number of rotatable bonds is 4. The van der Waals surface area contributed by atoms with Gasteiger partial charge in [-0.2, -0.15) is 0 Å². The van der Waals surface area contributed by atoms with Crippen LogP contribution in [-0.4, -0.2) is 25.7 Å². The number of aryl methyl sites for hydroxylation is 1. The van der Waals surface area contributed by atoms with E-state index in [1.54, 1.807) is 42.5 Å². The highest BCUT2D eigenvalue weighted by Crippen LogP contribution is 2.42. The van der Waals surface area contributed by atoms with Crippen LogP contribution in [-0.2, 0) is 16.4 Å². The average molecular weight is 366 g/mol. The number of halogens is 1. The quantitative estimate of drug-likeness (QED) is 0.899. The van der Waals surface area contributed by atoms with Gasteiger partial charge in [-0.25, -0.2) is 13.2 Å². The van der Waals surface area contributed by atoms with Gasteiger partial charge < -0.3 is 5.11 Å². The molecular weight excluding hydrogens is 350 g/mol. The molecule has 1 atom stereocenters. The molecule has 1 aliphatic carbocycles. The highest BCUT2D eigenvalue weighted by atomic mass is 35.5. The Morgan fingerprint density at radius 1 is 1.25 bits per heavy atom. The topological polar surface area (TPSA) is 74.7 Å². The van der Waals surface area contributed by atoms with E-state index in [1.807, 2.05) is 0 Å². The Bertz CT molecular complexity index is 911. The zero-order valence-corrected chi connectivity index (χ0v) is 14.5. The van der Waals surface area contributed by atoms with E-state index in [4.69, 9.17) is 11.6 Å². The normalized spacial score (nSPS) is 16.7. The second-order valence-corrected chi connectivity index (χ2v) is 8.05. The highest BCUT2D eigenvalue weighted by Gasteiger charge is 2.34. The third-order valence-electron chi connectivity index (χ3n) is 4.17. The average Bonchev–Trinajstić information content (AvgIpc) is 2.91. The van der Waals surface area contributed by atoms with Crippen molar-refractivity contribution in [1.29, 1.82) is 0 Å². The molecule has 3 rings (SSSR count). The summed E-state index contributed by atoms with van der Waals surface area (Å²) in [6.45, 7) is 0. The lowest BCUT2D eigenvalue weighted by atomic mass is 10.0. The highest BCUT2D eigenvalue weighted by molar-refractivity contribution is 7.92. The number of hydrogen-bond donors (Lipinski definition) is 1. The molecule has 0 aromatic heterocycles. The lowest BCUT2D eigenvalue weighted by Crippen LogP contribution is -2.33. The van der Waals surface area contributed by atoms with E-state index in [0.29, 0.717) is 23.6 Å². The van der Waals surface area contributed by atoms with E-state index in [0.717, 1.165) is 17.4 Å². The summed E-state index contributed by atoms with van der Waals surface area (Å²) in [5, 5.41) is 9.55. The fourth-order valence-electron chi connectivity index (χ4n) is 3.17. The number of carboxylic acid groups (broad SMARTS) is 1. The first-order chi connectivity index (χ1) is 11.3. The van der Waals surface area contributed by atoms with Crippen LogP contribution < -0.4 is 4.31 Å². The first-order valence-corrected chi connectivity index (χ1v) is 9.61.